The number of nitrogens with two attached hydrogens (primary N) is 1. The van der Waals surface area contributed by atoms with Gasteiger partial charge in [-0.1, -0.05) is 25.4 Å². The lowest BCUT2D eigenvalue weighted by Crippen LogP contribution is -2.26. The molecular weight excluding hydrogens is 248 g/mol. The number of pyridine rings is 1. The van der Waals surface area contributed by atoms with Crippen LogP contribution in [0.3, 0.4) is 0 Å². The van der Waals surface area contributed by atoms with Gasteiger partial charge in [-0.3, -0.25) is 0 Å². The Hall–Kier alpha value is -0.800. The second kappa shape index (κ2) is 5.89. The number of hydrogen-bond donors (Lipinski definition) is 1. The Bertz CT molecular complexity index is 411. The number of nitrogen functional groups attached to an aromatic ring is 1. The van der Waals surface area contributed by atoms with E-state index in [9.17, 15) is 0 Å². The lowest BCUT2D eigenvalue weighted by atomic mass is 9.80. The Morgan fingerprint density at radius 3 is 2.83 bits per heavy atom. The molecule has 4 heteroatoms. The van der Waals surface area contributed by atoms with Crippen LogP contribution in [0.1, 0.15) is 38.8 Å². The van der Waals surface area contributed by atoms with Crippen molar-refractivity contribution in [3.63, 3.8) is 0 Å². The van der Waals surface area contributed by atoms with Crippen molar-refractivity contribution in [1.29, 1.82) is 0 Å². The molecule has 0 amide bonds. The number of anilines is 1. The fraction of sp³-hybridized carbons (Fsp3) is 0.643. The zero-order valence-corrected chi connectivity index (χ0v) is 11.8. The van der Waals surface area contributed by atoms with Gasteiger partial charge in [0.15, 0.2) is 0 Å². The molecule has 18 heavy (non-hydrogen) atoms. The minimum Gasteiger partial charge on any atom is -0.384 e. The van der Waals surface area contributed by atoms with Gasteiger partial charge >= 0.3 is 0 Å². The summed E-state index contributed by atoms with van der Waals surface area (Å²) in [6, 6.07) is 3.48. The van der Waals surface area contributed by atoms with Gasteiger partial charge < -0.3 is 10.5 Å². The lowest BCUT2D eigenvalue weighted by molar-refractivity contribution is -0.00867. The van der Waals surface area contributed by atoms with Crippen LogP contribution < -0.4 is 5.73 Å². The maximum absolute atomic E-state index is 6.07. The van der Waals surface area contributed by atoms with Crippen molar-refractivity contribution >= 4 is 17.4 Å². The minimum absolute atomic E-state index is 0.329. The van der Waals surface area contributed by atoms with Crippen LogP contribution in [0.25, 0.3) is 0 Å². The third-order valence-electron chi connectivity index (χ3n) is 3.95. The van der Waals surface area contributed by atoms with Gasteiger partial charge in [-0.2, -0.15) is 0 Å². The van der Waals surface area contributed by atoms with Crippen LogP contribution in [-0.4, -0.2) is 11.1 Å². The maximum Gasteiger partial charge on any atom is 0.123 e. The summed E-state index contributed by atoms with van der Waals surface area (Å²) in [4.78, 5) is 4.21. The minimum atomic E-state index is 0.329. The smallest absolute Gasteiger partial charge is 0.123 e. The first-order chi connectivity index (χ1) is 8.56. The van der Waals surface area contributed by atoms with E-state index >= 15 is 0 Å². The summed E-state index contributed by atoms with van der Waals surface area (Å²) >= 11 is 6.07. The highest BCUT2D eigenvalue weighted by atomic mass is 35.5. The van der Waals surface area contributed by atoms with Gasteiger partial charge in [0.25, 0.3) is 0 Å². The zero-order chi connectivity index (χ0) is 13.1. The molecule has 0 radical (unpaired) electrons. The Balaban J connectivity index is 1.90. The van der Waals surface area contributed by atoms with E-state index in [-0.39, 0.29) is 0 Å². The van der Waals surface area contributed by atoms with Crippen LogP contribution in [-0.2, 0) is 11.3 Å². The van der Waals surface area contributed by atoms with E-state index in [1.54, 1.807) is 12.1 Å². The Kier molecular flexibility index (Phi) is 4.46. The molecule has 1 aromatic heterocycles. The van der Waals surface area contributed by atoms with Crippen LogP contribution in [0.5, 0.6) is 0 Å². The molecule has 0 aliphatic heterocycles. The van der Waals surface area contributed by atoms with Crippen molar-refractivity contribution in [3.8, 4) is 0 Å². The summed E-state index contributed by atoms with van der Waals surface area (Å²) in [7, 11) is 0. The summed E-state index contributed by atoms with van der Waals surface area (Å²) in [5.41, 5.74) is 6.39. The zero-order valence-electron chi connectivity index (χ0n) is 11.0. The molecule has 3 nitrogen and oxygen atoms in total. The fourth-order valence-corrected chi connectivity index (χ4v) is 2.61. The molecule has 2 N–H and O–H groups in total. The van der Waals surface area contributed by atoms with Gasteiger partial charge in [0.1, 0.15) is 5.82 Å². The Labute approximate surface area is 114 Å². The van der Waals surface area contributed by atoms with Crippen LogP contribution >= 0.6 is 11.6 Å². The molecule has 1 heterocycles. The molecule has 100 valence electrons. The molecule has 1 aromatic rings. The molecule has 3 atom stereocenters. The number of aromatic nitrogens is 1. The highest BCUT2D eigenvalue weighted by molar-refractivity contribution is 6.31. The van der Waals surface area contributed by atoms with Crippen LogP contribution in [0.15, 0.2) is 12.1 Å². The van der Waals surface area contributed by atoms with Gasteiger partial charge in [-0.15, -0.1) is 0 Å². The first kappa shape index (κ1) is 13.6. The molecular formula is C14H21ClN2O. The van der Waals surface area contributed by atoms with Crippen LogP contribution in [0.4, 0.5) is 5.82 Å². The molecule has 3 unspecified atom stereocenters. The monoisotopic (exact) mass is 268 g/mol. The van der Waals surface area contributed by atoms with E-state index in [0.29, 0.717) is 23.6 Å². The third-order valence-corrected chi connectivity index (χ3v) is 4.29. The van der Waals surface area contributed by atoms with E-state index in [1.807, 2.05) is 0 Å². The summed E-state index contributed by atoms with van der Waals surface area (Å²) in [6.45, 7) is 5.07. The van der Waals surface area contributed by atoms with Crippen molar-refractivity contribution < 1.29 is 4.74 Å². The third kappa shape index (κ3) is 3.36. The molecule has 1 aliphatic carbocycles. The van der Waals surface area contributed by atoms with Crippen molar-refractivity contribution in [1.82, 2.24) is 4.98 Å². The summed E-state index contributed by atoms with van der Waals surface area (Å²) in [5.74, 6) is 2.02. The number of nitrogens with zero attached hydrogens (tertiary/aromatic N) is 1. The van der Waals surface area contributed by atoms with Gasteiger partial charge in [0, 0.05) is 0 Å². The Morgan fingerprint density at radius 1 is 1.33 bits per heavy atom. The van der Waals surface area contributed by atoms with Gasteiger partial charge in [0.2, 0.25) is 0 Å². The molecule has 0 saturated heterocycles. The average Bonchev–Trinajstić information content (AvgIpc) is 2.34. The van der Waals surface area contributed by atoms with E-state index in [4.69, 9.17) is 22.1 Å². The molecule has 1 aliphatic rings. The number of hydrogen-bond acceptors (Lipinski definition) is 3. The standard InChI is InChI=1S/C14H21ClN2O/c1-9-3-4-11(7-10(9)2)18-8-13-12(15)5-6-14(16)17-13/h5-6,9-11H,3-4,7-8H2,1-2H3,(H2,16,17). The second-order valence-corrected chi connectivity index (χ2v) is 5.77. The fourth-order valence-electron chi connectivity index (χ4n) is 2.45. The predicted octanol–water partition coefficient (Wildman–Crippen LogP) is 3.66. The van der Waals surface area contributed by atoms with Crippen molar-refractivity contribution in [2.45, 2.75) is 45.8 Å². The van der Waals surface area contributed by atoms with Gasteiger partial charge in [-0.05, 0) is 43.2 Å². The number of ether oxygens (including phenoxy) is 1. The Morgan fingerprint density at radius 2 is 2.11 bits per heavy atom. The normalized spacial score (nSPS) is 28.3. The largest absolute Gasteiger partial charge is 0.384 e. The second-order valence-electron chi connectivity index (χ2n) is 5.37. The highest BCUT2D eigenvalue weighted by Gasteiger charge is 2.25. The van der Waals surface area contributed by atoms with Crippen LogP contribution in [0, 0.1) is 11.8 Å². The lowest BCUT2D eigenvalue weighted by Gasteiger charge is -2.31. The predicted molar refractivity (Wildman–Crippen MR) is 74.4 cm³/mol. The molecule has 2 rings (SSSR count). The van der Waals surface area contributed by atoms with Gasteiger partial charge in [-0.25, -0.2) is 4.98 Å². The maximum atomic E-state index is 6.07. The molecule has 0 aromatic carbocycles. The van der Waals surface area contributed by atoms with Crippen molar-refractivity contribution in [2.75, 3.05) is 5.73 Å². The quantitative estimate of drug-likeness (QED) is 0.910. The average molecular weight is 269 g/mol. The molecule has 1 fully saturated rings. The molecule has 0 bridgehead atoms. The summed E-state index contributed by atoms with van der Waals surface area (Å²) < 4.78 is 5.92. The molecule has 0 spiro atoms. The van der Waals surface area contributed by atoms with E-state index in [0.717, 1.165) is 30.4 Å². The van der Waals surface area contributed by atoms with Gasteiger partial charge in [0.05, 0.1) is 23.4 Å². The van der Waals surface area contributed by atoms with Crippen molar-refractivity contribution in [2.24, 2.45) is 11.8 Å². The molecule has 1 saturated carbocycles. The SMILES string of the molecule is CC1CCC(OCc2nc(N)ccc2Cl)CC1C. The van der Waals surface area contributed by atoms with Crippen molar-refractivity contribution in [3.05, 3.63) is 22.8 Å². The summed E-state index contributed by atoms with van der Waals surface area (Å²) in [5, 5.41) is 0.626. The van der Waals surface area contributed by atoms with E-state index < -0.39 is 0 Å². The first-order valence-electron chi connectivity index (χ1n) is 6.58. The highest BCUT2D eigenvalue weighted by Crippen LogP contribution is 2.31. The van der Waals surface area contributed by atoms with E-state index in [1.165, 1.54) is 6.42 Å². The number of rotatable bonds is 3. The van der Waals surface area contributed by atoms with E-state index in [2.05, 4.69) is 18.8 Å². The first-order valence-corrected chi connectivity index (χ1v) is 6.96. The summed E-state index contributed by atoms with van der Waals surface area (Å²) in [6.07, 6.45) is 3.83. The number of halogens is 1. The topological polar surface area (TPSA) is 48.1 Å². The van der Waals surface area contributed by atoms with Crippen LogP contribution in [0.2, 0.25) is 5.02 Å².